The lowest BCUT2D eigenvalue weighted by Gasteiger charge is -2.01. The molecule has 0 amide bonds. The van der Waals surface area contributed by atoms with Crippen LogP contribution in [0.3, 0.4) is 0 Å². The molecule has 0 aliphatic heterocycles. The van der Waals surface area contributed by atoms with Gasteiger partial charge in [0, 0.05) is 11.1 Å². The van der Waals surface area contributed by atoms with Crippen LogP contribution >= 0.6 is 0 Å². The van der Waals surface area contributed by atoms with Crippen LogP contribution in [0.2, 0.25) is 0 Å². The van der Waals surface area contributed by atoms with Crippen molar-refractivity contribution in [2.24, 2.45) is 0 Å². The Hall–Kier alpha value is -3.11. The third-order valence-electron chi connectivity index (χ3n) is 4.20. The zero-order chi connectivity index (χ0) is 18.2. The Morgan fingerprint density at radius 3 is 1.77 bits per heavy atom. The fraction of sp³-hybridized carbons (Fsp3) is 0.120. The van der Waals surface area contributed by atoms with E-state index in [1.807, 2.05) is 31.2 Å². The first-order chi connectivity index (χ1) is 12.7. The number of rotatable bonds is 4. The third-order valence-corrected chi connectivity index (χ3v) is 4.20. The topological polar surface area (TPSA) is 0 Å². The summed E-state index contributed by atoms with van der Waals surface area (Å²) in [5.74, 6) is 6.19. The van der Waals surface area contributed by atoms with E-state index >= 15 is 0 Å². The molecule has 3 rings (SSSR count). The lowest BCUT2D eigenvalue weighted by atomic mass is 10.0. The second-order valence-electron chi connectivity index (χ2n) is 6.14. The fourth-order valence-corrected chi connectivity index (χ4v) is 2.70. The van der Waals surface area contributed by atoms with Gasteiger partial charge >= 0.3 is 0 Å². The molecule has 0 heterocycles. The summed E-state index contributed by atoms with van der Waals surface area (Å²) in [7, 11) is 0. The van der Waals surface area contributed by atoms with E-state index in [1.54, 1.807) is 12.1 Å². The zero-order valence-electron chi connectivity index (χ0n) is 14.9. The van der Waals surface area contributed by atoms with Gasteiger partial charge in [-0.25, -0.2) is 4.39 Å². The van der Waals surface area contributed by atoms with Crippen LogP contribution in [0.15, 0.2) is 84.9 Å². The molecule has 0 aliphatic carbocycles. The summed E-state index contributed by atoms with van der Waals surface area (Å²) in [6, 6.07) is 23.0. The molecule has 128 valence electrons. The van der Waals surface area contributed by atoms with Crippen molar-refractivity contribution in [2.75, 3.05) is 0 Å². The highest BCUT2D eigenvalue weighted by molar-refractivity contribution is 5.64. The smallest absolute Gasteiger partial charge is 0.123 e. The van der Waals surface area contributed by atoms with Crippen molar-refractivity contribution in [3.63, 3.8) is 0 Å². The molecule has 0 fully saturated rings. The van der Waals surface area contributed by atoms with Gasteiger partial charge in [-0.05, 0) is 72.9 Å². The van der Waals surface area contributed by atoms with Crippen LogP contribution in [0.4, 0.5) is 4.39 Å². The average Bonchev–Trinajstić information content (AvgIpc) is 2.69. The number of benzene rings is 3. The minimum absolute atomic E-state index is 0.218. The van der Waals surface area contributed by atoms with Crippen molar-refractivity contribution in [1.82, 2.24) is 0 Å². The molecule has 3 aromatic carbocycles. The van der Waals surface area contributed by atoms with E-state index in [2.05, 4.69) is 48.3 Å². The predicted molar refractivity (Wildman–Crippen MR) is 107 cm³/mol. The largest absolute Gasteiger partial charge is 0.207 e. The highest BCUT2D eigenvalue weighted by atomic mass is 19.1. The number of halogens is 1. The van der Waals surface area contributed by atoms with E-state index in [0.29, 0.717) is 0 Å². The monoisotopic (exact) mass is 340 g/mol. The Kier molecular flexibility index (Phi) is 6.01. The van der Waals surface area contributed by atoms with E-state index in [4.69, 9.17) is 0 Å². The zero-order valence-corrected chi connectivity index (χ0v) is 14.9. The number of hydrogen-bond donors (Lipinski definition) is 0. The van der Waals surface area contributed by atoms with Gasteiger partial charge in [0.1, 0.15) is 5.82 Å². The molecule has 0 unspecified atom stereocenters. The number of aryl methyl sites for hydroxylation is 1. The Morgan fingerprint density at radius 1 is 0.731 bits per heavy atom. The molecule has 0 N–H and O–H groups in total. The van der Waals surface area contributed by atoms with Crippen molar-refractivity contribution in [1.29, 1.82) is 0 Å². The highest BCUT2D eigenvalue weighted by Gasteiger charge is 1.98. The first-order valence-corrected chi connectivity index (χ1v) is 8.83. The van der Waals surface area contributed by atoms with Crippen LogP contribution in [-0.2, 0) is 6.42 Å². The molecule has 3 aromatic rings. The first-order valence-electron chi connectivity index (χ1n) is 8.83. The predicted octanol–water partition coefficient (Wildman–Crippen LogP) is 6.40. The molecule has 0 saturated heterocycles. The Balaban J connectivity index is 1.67. The van der Waals surface area contributed by atoms with Crippen LogP contribution in [0.1, 0.15) is 30.0 Å². The lowest BCUT2D eigenvalue weighted by molar-refractivity contribution is 0.628. The molecule has 26 heavy (non-hydrogen) atoms. The molecule has 0 bridgehead atoms. The van der Waals surface area contributed by atoms with E-state index in [-0.39, 0.29) is 5.82 Å². The Morgan fingerprint density at radius 2 is 1.23 bits per heavy atom. The van der Waals surface area contributed by atoms with E-state index in [0.717, 1.165) is 35.1 Å². The molecule has 0 spiro atoms. The average molecular weight is 340 g/mol. The molecule has 1 heteroatoms. The Labute approximate surface area is 155 Å². The van der Waals surface area contributed by atoms with Crippen LogP contribution in [0, 0.1) is 17.7 Å². The number of hydrogen-bond acceptors (Lipinski definition) is 0. The summed E-state index contributed by atoms with van der Waals surface area (Å²) in [4.78, 5) is 0. The molecule has 0 radical (unpaired) electrons. The van der Waals surface area contributed by atoms with Gasteiger partial charge in [0.25, 0.3) is 0 Å². The SMILES string of the molecule is CC=CCCc1ccc(C#Cc2ccc(-c3ccc(F)cc3)cc2)cc1. The molecular formula is C25H21F. The van der Waals surface area contributed by atoms with Crippen LogP contribution < -0.4 is 0 Å². The summed E-state index contributed by atoms with van der Waals surface area (Å²) in [6.45, 7) is 2.05. The van der Waals surface area contributed by atoms with E-state index in [1.165, 1.54) is 17.7 Å². The van der Waals surface area contributed by atoms with Gasteiger partial charge in [0.2, 0.25) is 0 Å². The van der Waals surface area contributed by atoms with Gasteiger partial charge in [-0.15, -0.1) is 0 Å². The fourth-order valence-electron chi connectivity index (χ4n) is 2.70. The molecule has 0 aliphatic rings. The minimum atomic E-state index is -0.218. The second-order valence-corrected chi connectivity index (χ2v) is 6.14. The first kappa shape index (κ1) is 17.7. The summed E-state index contributed by atoms with van der Waals surface area (Å²) in [6.07, 6.45) is 6.40. The van der Waals surface area contributed by atoms with Gasteiger partial charge in [-0.3, -0.25) is 0 Å². The van der Waals surface area contributed by atoms with E-state index < -0.39 is 0 Å². The molecule has 0 aromatic heterocycles. The van der Waals surface area contributed by atoms with Crippen molar-refractivity contribution in [2.45, 2.75) is 19.8 Å². The second kappa shape index (κ2) is 8.83. The van der Waals surface area contributed by atoms with Gasteiger partial charge in [-0.1, -0.05) is 60.4 Å². The molecule has 0 saturated carbocycles. The normalized spacial score (nSPS) is 10.5. The summed E-state index contributed by atoms with van der Waals surface area (Å²) in [5, 5.41) is 0. The summed E-state index contributed by atoms with van der Waals surface area (Å²) < 4.78 is 13.0. The van der Waals surface area contributed by atoms with Gasteiger partial charge < -0.3 is 0 Å². The molecule has 0 nitrogen and oxygen atoms in total. The van der Waals surface area contributed by atoms with Gasteiger partial charge in [0.15, 0.2) is 0 Å². The van der Waals surface area contributed by atoms with Crippen molar-refractivity contribution in [3.8, 4) is 23.0 Å². The van der Waals surface area contributed by atoms with Gasteiger partial charge in [-0.2, -0.15) is 0 Å². The maximum atomic E-state index is 13.0. The number of allylic oxidation sites excluding steroid dienone is 2. The van der Waals surface area contributed by atoms with Crippen molar-refractivity contribution >= 4 is 0 Å². The van der Waals surface area contributed by atoms with Crippen molar-refractivity contribution in [3.05, 3.63) is 107 Å². The quantitative estimate of drug-likeness (QED) is 0.381. The Bertz CT molecular complexity index is 919. The van der Waals surface area contributed by atoms with Crippen molar-refractivity contribution < 1.29 is 4.39 Å². The van der Waals surface area contributed by atoms with E-state index in [9.17, 15) is 4.39 Å². The minimum Gasteiger partial charge on any atom is -0.207 e. The van der Waals surface area contributed by atoms with Crippen LogP contribution in [0.25, 0.3) is 11.1 Å². The summed E-state index contributed by atoms with van der Waals surface area (Å²) in [5.41, 5.74) is 5.37. The summed E-state index contributed by atoms with van der Waals surface area (Å²) >= 11 is 0. The molecule has 0 atom stereocenters. The molecular weight excluding hydrogens is 319 g/mol. The maximum Gasteiger partial charge on any atom is 0.123 e. The maximum absolute atomic E-state index is 13.0. The lowest BCUT2D eigenvalue weighted by Crippen LogP contribution is -1.84. The van der Waals surface area contributed by atoms with Gasteiger partial charge in [0.05, 0.1) is 0 Å². The van der Waals surface area contributed by atoms with Crippen LogP contribution in [0.5, 0.6) is 0 Å². The third kappa shape index (κ3) is 4.94. The standard InChI is InChI=1S/C25H21F/c1-2-3-4-5-20-6-8-21(9-7-20)10-11-22-12-14-23(15-13-22)24-16-18-25(26)19-17-24/h2-3,6-9,12-19H,4-5H2,1H3. The highest BCUT2D eigenvalue weighted by Crippen LogP contribution is 2.20. The van der Waals surface area contributed by atoms with Crippen LogP contribution in [-0.4, -0.2) is 0 Å².